The Morgan fingerprint density at radius 1 is 1.17 bits per heavy atom. The number of rotatable bonds is 4. The molecule has 6 nitrogen and oxygen atoms in total. The maximum absolute atomic E-state index is 12.1. The number of anilines is 1. The van der Waals surface area contributed by atoms with Gasteiger partial charge in [-0.15, -0.1) is 0 Å². The number of fused-ring (bicyclic) bond motifs is 1. The summed E-state index contributed by atoms with van der Waals surface area (Å²) >= 11 is 0. The minimum atomic E-state index is -0.169. The molecule has 0 aliphatic carbocycles. The lowest BCUT2D eigenvalue weighted by atomic mass is 10.2. The summed E-state index contributed by atoms with van der Waals surface area (Å²) in [5, 5.41) is 3.94. The largest absolute Gasteiger partial charge is 0.359 e. The zero-order valence-electron chi connectivity index (χ0n) is 13.5. The highest BCUT2D eigenvalue weighted by Crippen LogP contribution is 2.20. The predicted octanol–water partition coefficient (Wildman–Crippen LogP) is 2.61. The first-order valence-electron chi connectivity index (χ1n) is 7.59. The van der Waals surface area contributed by atoms with Crippen LogP contribution in [0, 0.1) is 20.8 Å². The lowest BCUT2D eigenvalue weighted by Crippen LogP contribution is -2.22. The van der Waals surface area contributed by atoms with E-state index < -0.39 is 0 Å². The molecule has 3 aromatic rings. The second kappa shape index (κ2) is 5.79. The van der Waals surface area contributed by atoms with Crippen LogP contribution in [0.25, 0.3) is 10.9 Å². The Morgan fingerprint density at radius 2 is 1.96 bits per heavy atom. The van der Waals surface area contributed by atoms with E-state index in [2.05, 4.69) is 15.3 Å². The van der Waals surface area contributed by atoms with Crippen molar-refractivity contribution in [2.45, 2.75) is 33.7 Å². The molecule has 1 aromatic carbocycles. The fourth-order valence-electron chi connectivity index (χ4n) is 2.73. The van der Waals surface area contributed by atoms with E-state index in [1.807, 2.05) is 45.0 Å². The molecule has 0 radical (unpaired) electrons. The van der Waals surface area contributed by atoms with E-state index in [9.17, 15) is 9.59 Å². The number of nitrogens with one attached hydrogen (secondary N) is 3. The molecule has 0 saturated heterocycles. The van der Waals surface area contributed by atoms with Gasteiger partial charge in [-0.25, -0.2) is 4.79 Å². The number of aryl methyl sites for hydroxylation is 2. The van der Waals surface area contributed by atoms with Crippen LogP contribution in [0.15, 0.2) is 29.1 Å². The molecule has 0 fully saturated rings. The first-order valence-corrected chi connectivity index (χ1v) is 7.59. The highest BCUT2D eigenvalue weighted by atomic mass is 16.2. The van der Waals surface area contributed by atoms with Crippen molar-refractivity contribution in [2.24, 2.45) is 0 Å². The maximum atomic E-state index is 12.1. The zero-order chi connectivity index (χ0) is 16.6. The second-order valence-electron chi connectivity index (χ2n) is 5.84. The molecular formula is C17H20N4O2. The van der Waals surface area contributed by atoms with Gasteiger partial charge in [-0.2, -0.15) is 0 Å². The molecule has 0 aliphatic heterocycles. The predicted molar refractivity (Wildman–Crippen MR) is 90.8 cm³/mol. The summed E-state index contributed by atoms with van der Waals surface area (Å²) in [5.41, 5.74) is 4.43. The maximum Gasteiger partial charge on any atom is 0.325 e. The average molecular weight is 312 g/mol. The fraction of sp³-hybridized carbons (Fsp3) is 0.294. The van der Waals surface area contributed by atoms with Crippen LogP contribution >= 0.6 is 0 Å². The zero-order valence-corrected chi connectivity index (χ0v) is 13.5. The number of aromatic nitrogens is 3. The van der Waals surface area contributed by atoms with E-state index in [1.54, 1.807) is 4.57 Å². The number of benzene rings is 1. The Morgan fingerprint density at radius 3 is 2.65 bits per heavy atom. The average Bonchev–Trinajstić information content (AvgIpc) is 2.96. The number of hydrogen-bond acceptors (Lipinski definition) is 2. The van der Waals surface area contributed by atoms with Crippen LogP contribution in [-0.2, 0) is 11.3 Å². The normalized spacial score (nSPS) is 11.1. The number of amides is 1. The lowest BCUT2D eigenvalue weighted by molar-refractivity contribution is -0.116. The van der Waals surface area contributed by atoms with E-state index in [0.29, 0.717) is 6.54 Å². The van der Waals surface area contributed by atoms with E-state index in [1.165, 1.54) is 0 Å². The minimum absolute atomic E-state index is 0.109. The Bertz CT molecular complexity index is 930. The van der Waals surface area contributed by atoms with Gasteiger partial charge < -0.3 is 15.3 Å². The highest BCUT2D eigenvalue weighted by molar-refractivity contribution is 5.93. The number of carbonyl (C=O) groups is 1. The Balaban J connectivity index is 1.67. The number of carbonyl (C=O) groups excluding carboxylic acids is 1. The lowest BCUT2D eigenvalue weighted by Gasteiger charge is -2.07. The summed E-state index contributed by atoms with van der Waals surface area (Å²) in [6.07, 6.45) is 0.252. The van der Waals surface area contributed by atoms with Crippen LogP contribution in [0.3, 0.4) is 0 Å². The van der Waals surface area contributed by atoms with E-state index in [0.717, 1.165) is 33.7 Å². The van der Waals surface area contributed by atoms with Gasteiger partial charge in [0, 0.05) is 46.6 Å². The van der Waals surface area contributed by atoms with Gasteiger partial charge in [0.2, 0.25) is 5.91 Å². The van der Waals surface area contributed by atoms with Gasteiger partial charge in [-0.05, 0) is 45.0 Å². The van der Waals surface area contributed by atoms with Gasteiger partial charge in [0.1, 0.15) is 0 Å². The standard InChI is InChI=1S/C17H20N4O2/c1-10-8-13-9-14(4-5-15(13)18-10)20-16(22)6-7-21-12(3)11(2)19-17(21)23/h4-5,8-9,18H,6-7H2,1-3H3,(H,19,23)(H,20,22). The van der Waals surface area contributed by atoms with Crippen LogP contribution in [0.1, 0.15) is 23.5 Å². The van der Waals surface area contributed by atoms with Crippen molar-refractivity contribution in [3.8, 4) is 0 Å². The molecule has 1 amide bonds. The van der Waals surface area contributed by atoms with Crippen molar-refractivity contribution in [3.05, 3.63) is 51.8 Å². The number of imidazole rings is 1. The van der Waals surface area contributed by atoms with Crippen LogP contribution in [0.2, 0.25) is 0 Å². The molecule has 23 heavy (non-hydrogen) atoms. The Hall–Kier alpha value is -2.76. The van der Waals surface area contributed by atoms with E-state index >= 15 is 0 Å². The van der Waals surface area contributed by atoms with Crippen LogP contribution in [0.5, 0.6) is 0 Å². The molecule has 0 unspecified atom stereocenters. The Labute approximate surface area is 133 Å². The molecule has 0 saturated carbocycles. The summed E-state index contributed by atoms with van der Waals surface area (Å²) in [6.45, 7) is 6.08. The first kappa shape index (κ1) is 15.1. The van der Waals surface area contributed by atoms with Crippen molar-refractivity contribution in [3.63, 3.8) is 0 Å². The first-order chi connectivity index (χ1) is 10.9. The topological polar surface area (TPSA) is 82.7 Å². The molecule has 3 rings (SSSR count). The van der Waals surface area contributed by atoms with Crippen molar-refractivity contribution in [1.29, 1.82) is 0 Å². The highest BCUT2D eigenvalue weighted by Gasteiger charge is 2.09. The molecule has 0 aliphatic rings. The van der Waals surface area contributed by atoms with Gasteiger partial charge in [0.25, 0.3) is 0 Å². The van der Waals surface area contributed by atoms with Gasteiger partial charge in [0.15, 0.2) is 0 Å². The van der Waals surface area contributed by atoms with Crippen molar-refractivity contribution in [1.82, 2.24) is 14.5 Å². The monoisotopic (exact) mass is 312 g/mol. The Kier molecular flexibility index (Phi) is 3.82. The summed E-state index contributed by atoms with van der Waals surface area (Å²) < 4.78 is 1.59. The number of hydrogen-bond donors (Lipinski definition) is 3. The number of nitrogens with zero attached hydrogens (tertiary/aromatic N) is 1. The van der Waals surface area contributed by atoms with Crippen LogP contribution in [0.4, 0.5) is 5.69 Å². The third-order valence-corrected chi connectivity index (χ3v) is 4.09. The van der Waals surface area contributed by atoms with Gasteiger partial charge in [-0.3, -0.25) is 9.36 Å². The van der Waals surface area contributed by atoms with E-state index in [-0.39, 0.29) is 18.0 Å². The molecule has 3 N–H and O–H groups in total. The summed E-state index contributed by atoms with van der Waals surface area (Å²) in [5.74, 6) is -0.109. The summed E-state index contributed by atoms with van der Waals surface area (Å²) in [7, 11) is 0. The third-order valence-electron chi connectivity index (χ3n) is 4.09. The van der Waals surface area contributed by atoms with Crippen LogP contribution < -0.4 is 11.0 Å². The summed E-state index contributed by atoms with van der Waals surface area (Å²) in [6, 6.07) is 7.79. The molecule has 0 spiro atoms. The molecular weight excluding hydrogens is 292 g/mol. The number of aromatic amines is 2. The molecule has 0 atom stereocenters. The van der Waals surface area contributed by atoms with Gasteiger partial charge in [0.05, 0.1) is 0 Å². The molecule has 120 valence electrons. The van der Waals surface area contributed by atoms with Crippen molar-refractivity contribution >= 4 is 22.5 Å². The van der Waals surface area contributed by atoms with Crippen molar-refractivity contribution < 1.29 is 4.79 Å². The van der Waals surface area contributed by atoms with Crippen LogP contribution in [-0.4, -0.2) is 20.4 Å². The second-order valence-corrected chi connectivity index (χ2v) is 5.84. The molecule has 2 heterocycles. The number of H-pyrrole nitrogens is 2. The third kappa shape index (κ3) is 3.06. The molecule has 0 bridgehead atoms. The SMILES string of the molecule is Cc1cc2cc(NC(=O)CCn3c(C)c(C)[nH]c3=O)ccc2[nH]1. The molecule has 2 aromatic heterocycles. The smallest absolute Gasteiger partial charge is 0.325 e. The van der Waals surface area contributed by atoms with Crippen molar-refractivity contribution in [2.75, 3.05) is 5.32 Å². The quantitative estimate of drug-likeness (QED) is 0.692. The minimum Gasteiger partial charge on any atom is -0.359 e. The molecule has 6 heteroatoms. The van der Waals surface area contributed by atoms with Gasteiger partial charge in [-0.1, -0.05) is 0 Å². The fourth-order valence-corrected chi connectivity index (χ4v) is 2.73. The van der Waals surface area contributed by atoms with Gasteiger partial charge >= 0.3 is 5.69 Å². The van der Waals surface area contributed by atoms with E-state index in [4.69, 9.17) is 0 Å². The summed E-state index contributed by atoms with van der Waals surface area (Å²) in [4.78, 5) is 29.9.